The molecule has 1 N–H and O–H groups in total. The number of carbonyl (C=O) groups excluding carboxylic acids is 1. The van der Waals surface area contributed by atoms with Crippen molar-refractivity contribution in [3.8, 4) is 0 Å². The zero-order valence-electron chi connectivity index (χ0n) is 15.3. The van der Waals surface area contributed by atoms with E-state index in [-0.39, 0.29) is 18.2 Å². The zero-order valence-corrected chi connectivity index (χ0v) is 15.3. The maximum atomic E-state index is 12.5. The van der Waals surface area contributed by atoms with Crippen molar-refractivity contribution in [2.75, 3.05) is 13.1 Å². The fraction of sp³-hybridized carbons (Fsp3) is 0.556. The summed E-state index contributed by atoms with van der Waals surface area (Å²) in [4.78, 5) is 18.6. The first-order chi connectivity index (χ1) is 12.7. The van der Waals surface area contributed by atoms with Gasteiger partial charge in [0, 0.05) is 25.8 Å². The van der Waals surface area contributed by atoms with E-state index in [2.05, 4.69) is 20.5 Å². The van der Waals surface area contributed by atoms with Crippen LogP contribution in [0.2, 0.25) is 0 Å². The minimum atomic E-state index is -0.178. The number of aromatic nitrogens is 4. The van der Waals surface area contributed by atoms with Crippen LogP contribution in [0.5, 0.6) is 0 Å². The van der Waals surface area contributed by atoms with Crippen LogP contribution in [-0.2, 0) is 17.9 Å². The topological polar surface area (TPSA) is 85.2 Å². The van der Waals surface area contributed by atoms with Gasteiger partial charge in [0.2, 0.25) is 0 Å². The third-order valence-corrected chi connectivity index (χ3v) is 4.64. The number of rotatable bonds is 6. The van der Waals surface area contributed by atoms with Crippen molar-refractivity contribution in [2.24, 2.45) is 0 Å². The summed E-state index contributed by atoms with van der Waals surface area (Å²) in [5.74, 6) is 0.773. The molecule has 1 saturated heterocycles. The van der Waals surface area contributed by atoms with E-state index in [1.54, 1.807) is 12.5 Å². The van der Waals surface area contributed by atoms with Gasteiger partial charge >= 0.3 is 6.03 Å². The van der Waals surface area contributed by atoms with Crippen LogP contribution in [-0.4, -0.2) is 49.9 Å². The zero-order chi connectivity index (χ0) is 18.4. The lowest BCUT2D eigenvalue weighted by atomic mass is 10.1. The van der Waals surface area contributed by atoms with E-state index in [0.29, 0.717) is 19.7 Å². The molecule has 0 radical (unpaired) electrons. The lowest BCUT2D eigenvalue weighted by Gasteiger charge is -2.32. The average Bonchev–Trinajstić information content (AvgIpc) is 3.16. The molecular weight excluding hydrogens is 332 g/mol. The van der Waals surface area contributed by atoms with Crippen LogP contribution in [0.25, 0.3) is 0 Å². The van der Waals surface area contributed by atoms with Crippen molar-refractivity contribution in [2.45, 2.75) is 52.0 Å². The number of hydrogen-bond donors (Lipinski definition) is 1. The average molecular weight is 358 g/mol. The Morgan fingerprint density at radius 3 is 2.88 bits per heavy atom. The van der Waals surface area contributed by atoms with Crippen molar-refractivity contribution in [3.05, 3.63) is 42.2 Å². The molecule has 1 atom stereocenters. The molecule has 8 heteroatoms. The second-order valence-corrected chi connectivity index (χ2v) is 6.46. The number of amides is 2. The molecule has 140 valence electrons. The number of nitrogens with zero attached hydrogens (tertiary/aromatic N) is 5. The molecular formula is C18H26N6O2. The van der Waals surface area contributed by atoms with E-state index >= 15 is 0 Å². The highest BCUT2D eigenvalue weighted by Crippen LogP contribution is 2.16. The van der Waals surface area contributed by atoms with Gasteiger partial charge in [-0.2, -0.15) is 0 Å². The van der Waals surface area contributed by atoms with Crippen LogP contribution in [0.1, 0.15) is 44.2 Å². The molecule has 1 fully saturated rings. The van der Waals surface area contributed by atoms with Crippen LogP contribution in [0, 0.1) is 0 Å². The van der Waals surface area contributed by atoms with E-state index in [4.69, 9.17) is 4.74 Å². The lowest BCUT2D eigenvalue weighted by molar-refractivity contribution is 0.00291. The van der Waals surface area contributed by atoms with Gasteiger partial charge in [-0.3, -0.25) is 4.98 Å². The van der Waals surface area contributed by atoms with E-state index in [1.165, 1.54) is 0 Å². The third-order valence-electron chi connectivity index (χ3n) is 4.64. The fourth-order valence-corrected chi connectivity index (χ4v) is 3.10. The number of nitrogens with one attached hydrogen (secondary N) is 1. The number of urea groups is 1. The Morgan fingerprint density at radius 1 is 1.38 bits per heavy atom. The summed E-state index contributed by atoms with van der Waals surface area (Å²) < 4.78 is 7.86. The maximum Gasteiger partial charge on any atom is 0.317 e. The van der Waals surface area contributed by atoms with Gasteiger partial charge in [0.25, 0.3) is 0 Å². The van der Waals surface area contributed by atoms with E-state index in [1.807, 2.05) is 41.5 Å². The van der Waals surface area contributed by atoms with Crippen LogP contribution < -0.4 is 5.32 Å². The number of hydrogen-bond acceptors (Lipinski definition) is 5. The Labute approximate surface area is 153 Å². The molecule has 3 heterocycles. The molecule has 2 amide bonds. The molecule has 3 rings (SSSR count). The molecule has 0 bridgehead atoms. The summed E-state index contributed by atoms with van der Waals surface area (Å²) in [6.45, 7) is 6.62. The monoisotopic (exact) mass is 358 g/mol. The number of ether oxygens (including phenoxy) is 1. The van der Waals surface area contributed by atoms with Crippen LogP contribution in [0.15, 0.2) is 30.7 Å². The minimum absolute atomic E-state index is 0.0636. The molecule has 0 saturated carbocycles. The summed E-state index contributed by atoms with van der Waals surface area (Å²) in [5, 5.41) is 11.0. The number of aryl methyl sites for hydroxylation is 1. The van der Waals surface area contributed by atoms with Gasteiger partial charge in [-0.25, -0.2) is 4.79 Å². The predicted octanol–water partition coefficient (Wildman–Crippen LogP) is 2.14. The Bertz CT molecular complexity index is 697. The Kier molecular flexibility index (Phi) is 6.17. The summed E-state index contributed by atoms with van der Waals surface area (Å²) >= 11 is 0. The lowest BCUT2D eigenvalue weighted by Crippen LogP contribution is -2.46. The second kappa shape index (κ2) is 8.75. The Balaban J connectivity index is 1.43. The van der Waals surface area contributed by atoms with Crippen LogP contribution in [0.4, 0.5) is 4.79 Å². The summed E-state index contributed by atoms with van der Waals surface area (Å²) in [7, 11) is 0. The van der Waals surface area contributed by atoms with Gasteiger partial charge in [-0.15, -0.1) is 10.2 Å². The summed E-state index contributed by atoms with van der Waals surface area (Å²) in [6, 6.07) is 5.57. The van der Waals surface area contributed by atoms with Gasteiger partial charge in [-0.1, -0.05) is 6.07 Å². The van der Waals surface area contributed by atoms with Crippen LogP contribution >= 0.6 is 0 Å². The maximum absolute atomic E-state index is 12.5. The van der Waals surface area contributed by atoms with E-state index in [0.717, 1.165) is 30.9 Å². The normalized spacial score (nSPS) is 16.5. The first-order valence-electron chi connectivity index (χ1n) is 9.12. The number of carbonyl (C=O) groups is 1. The van der Waals surface area contributed by atoms with Gasteiger partial charge in [-0.05, 0) is 38.8 Å². The van der Waals surface area contributed by atoms with Gasteiger partial charge in [0.1, 0.15) is 6.33 Å². The summed E-state index contributed by atoms with van der Waals surface area (Å²) in [6.07, 6.45) is 5.29. The largest absolute Gasteiger partial charge is 0.372 e. The highest BCUT2D eigenvalue weighted by Gasteiger charge is 2.25. The first kappa shape index (κ1) is 18.3. The molecule has 2 aromatic rings. The Hall–Kier alpha value is -2.48. The standard InChI is InChI=1S/C18H26N6O2/c1-3-23-13-20-22-17(23)14(2)21-18(25)24-10-7-16(8-11-24)26-12-15-6-4-5-9-19-15/h4-6,9,13-14,16H,3,7-8,10-12H2,1-2H3,(H,21,25)/t14-/m1/s1. The van der Waals surface area contributed by atoms with E-state index in [9.17, 15) is 4.79 Å². The van der Waals surface area contributed by atoms with Crippen molar-refractivity contribution in [1.82, 2.24) is 30.0 Å². The van der Waals surface area contributed by atoms with Crippen molar-refractivity contribution >= 4 is 6.03 Å². The second-order valence-electron chi connectivity index (χ2n) is 6.46. The van der Waals surface area contributed by atoms with Gasteiger partial charge < -0.3 is 19.5 Å². The molecule has 1 aliphatic heterocycles. The molecule has 0 unspecified atom stereocenters. The van der Waals surface area contributed by atoms with Crippen molar-refractivity contribution < 1.29 is 9.53 Å². The van der Waals surface area contributed by atoms with Crippen molar-refractivity contribution in [3.63, 3.8) is 0 Å². The number of pyridine rings is 1. The van der Waals surface area contributed by atoms with Crippen LogP contribution in [0.3, 0.4) is 0 Å². The number of likely N-dealkylation sites (tertiary alicyclic amines) is 1. The van der Waals surface area contributed by atoms with E-state index < -0.39 is 0 Å². The SMILES string of the molecule is CCn1cnnc1[C@@H](C)NC(=O)N1CCC(OCc2ccccn2)CC1. The predicted molar refractivity (Wildman–Crippen MR) is 96.3 cm³/mol. The highest BCUT2D eigenvalue weighted by molar-refractivity contribution is 5.74. The highest BCUT2D eigenvalue weighted by atomic mass is 16.5. The Morgan fingerprint density at radius 2 is 2.19 bits per heavy atom. The van der Waals surface area contributed by atoms with Gasteiger partial charge in [0.15, 0.2) is 5.82 Å². The molecule has 8 nitrogen and oxygen atoms in total. The first-order valence-corrected chi connectivity index (χ1v) is 9.12. The molecule has 1 aliphatic rings. The quantitative estimate of drug-likeness (QED) is 0.855. The molecule has 26 heavy (non-hydrogen) atoms. The molecule has 0 spiro atoms. The minimum Gasteiger partial charge on any atom is -0.372 e. The van der Waals surface area contributed by atoms with Gasteiger partial charge in [0.05, 0.1) is 24.4 Å². The molecule has 0 aromatic carbocycles. The molecule has 0 aliphatic carbocycles. The third kappa shape index (κ3) is 4.57. The molecule has 2 aromatic heterocycles. The number of piperidine rings is 1. The van der Waals surface area contributed by atoms with Crippen molar-refractivity contribution in [1.29, 1.82) is 0 Å². The summed E-state index contributed by atoms with van der Waals surface area (Å²) in [5.41, 5.74) is 0.932. The smallest absolute Gasteiger partial charge is 0.317 e. The fourth-order valence-electron chi connectivity index (χ4n) is 3.10.